The number of aromatic nitrogens is 2. The van der Waals surface area contributed by atoms with E-state index in [1.807, 2.05) is 6.92 Å². The normalized spacial score (nSPS) is 10.6. The lowest BCUT2D eigenvalue weighted by molar-refractivity contribution is 0.628. The molecule has 0 aliphatic rings. The van der Waals surface area contributed by atoms with Crippen LogP contribution in [0.4, 0.5) is 4.39 Å². The second kappa shape index (κ2) is 5.31. The van der Waals surface area contributed by atoms with Gasteiger partial charge in [-0.1, -0.05) is 24.9 Å². The fraction of sp³-hybridized carbons (Fsp3) is 0.231. The smallest absolute Gasteiger partial charge is 0.251 e. The number of hydrogen-bond donors (Lipinski definition) is 1. The number of nitrogens with zero attached hydrogens (tertiary/aromatic N) is 1. The summed E-state index contributed by atoms with van der Waals surface area (Å²) in [6.07, 6.45) is 1.60. The van der Waals surface area contributed by atoms with Crippen LogP contribution in [0.5, 0.6) is 0 Å². The Kier molecular flexibility index (Phi) is 3.77. The monoisotopic (exact) mass is 266 g/mol. The second-order valence-electron chi connectivity index (χ2n) is 3.99. The molecular formula is C13H12ClFN2O. The molecule has 0 amide bonds. The quantitative estimate of drug-likeness (QED) is 0.927. The van der Waals surface area contributed by atoms with Crippen LogP contribution in [0.2, 0.25) is 5.02 Å². The van der Waals surface area contributed by atoms with E-state index in [1.54, 1.807) is 6.07 Å². The molecule has 0 saturated carbocycles. The standard InChI is InChI=1S/C13H12ClFN2O/c1-2-3-11-7-12(18)17-13(16-11)8-4-9(14)6-10(15)5-8/h4-7H,2-3H2,1H3,(H,16,17,18). The number of hydrogen-bond acceptors (Lipinski definition) is 2. The van der Waals surface area contributed by atoms with E-state index in [-0.39, 0.29) is 10.6 Å². The third kappa shape index (κ3) is 2.96. The number of benzene rings is 1. The maximum absolute atomic E-state index is 13.3. The van der Waals surface area contributed by atoms with Gasteiger partial charge in [-0.2, -0.15) is 0 Å². The molecule has 0 radical (unpaired) electrons. The van der Waals surface area contributed by atoms with Crippen molar-refractivity contribution in [3.63, 3.8) is 0 Å². The fourth-order valence-electron chi connectivity index (χ4n) is 1.72. The molecule has 2 aromatic rings. The van der Waals surface area contributed by atoms with E-state index >= 15 is 0 Å². The minimum absolute atomic E-state index is 0.246. The molecule has 0 saturated heterocycles. The molecule has 0 fully saturated rings. The van der Waals surface area contributed by atoms with Crippen LogP contribution in [0.25, 0.3) is 11.4 Å². The third-order valence-corrected chi connectivity index (χ3v) is 2.66. The summed E-state index contributed by atoms with van der Waals surface area (Å²) in [7, 11) is 0. The molecule has 0 aliphatic carbocycles. The predicted octanol–water partition coefficient (Wildman–Crippen LogP) is 3.18. The zero-order valence-corrected chi connectivity index (χ0v) is 10.6. The maximum atomic E-state index is 13.3. The van der Waals surface area contributed by atoms with Gasteiger partial charge in [0, 0.05) is 22.3 Å². The van der Waals surface area contributed by atoms with Gasteiger partial charge in [0.25, 0.3) is 5.56 Å². The lowest BCUT2D eigenvalue weighted by Crippen LogP contribution is -2.10. The number of halogens is 2. The topological polar surface area (TPSA) is 45.8 Å². The molecule has 5 heteroatoms. The molecule has 1 N–H and O–H groups in total. The van der Waals surface area contributed by atoms with Crippen LogP contribution >= 0.6 is 11.6 Å². The predicted molar refractivity (Wildman–Crippen MR) is 69.3 cm³/mol. The SMILES string of the molecule is CCCc1cc(=O)[nH]c(-c2cc(F)cc(Cl)c2)n1. The fourth-order valence-corrected chi connectivity index (χ4v) is 1.94. The van der Waals surface area contributed by atoms with E-state index in [4.69, 9.17) is 11.6 Å². The molecule has 18 heavy (non-hydrogen) atoms. The largest absolute Gasteiger partial charge is 0.307 e. The summed E-state index contributed by atoms with van der Waals surface area (Å²) in [5, 5.41) is 0.272. The summed E-state index contributed by atoms with van der Waals surface area (Å²) >= 11 is 5.78. The van der Waals surface area contributed by atoms with E-state index in [2.05, 4.69) is 9.97 Å². The lowest BCUT2D eigenvalue weighted by atomic mass is 10.2. The number of nitrogens with one attached hydrogen (secondary N) is 1. The number of rotatable bonds is 3. The first kappa shape index (κ1) is 12.8. The Morgan fingerprint density at radius 2 is 2.11 bits per heavy atom. The summed E-state index contributed by atoms with van der Waals surface area (Å²) in [5.41, 5.74) is 0.913. The lowest BCUT2D eigenvalue weighted by Gasteiger charge is -2.04. The summed E-state index contributed by atoms with van der Waals surface area (Å²) in [4.78, 5) is 18.4. The molecule has 0 bridgehead atoms. The van der Waals surface area contributed by atoms with Crippen molar-refractivity contribution < 1.29 is 4.39 Å². The van der Waals surface area contributed by atoms with Crippen molar-refractivity contribution in [2.24, 2.45) is 0 Å². The van der Waals surface area contributed by atoms with Gasteiger partial charge >= 0.3 is 0 Å². The van der Waals surface area contributed by atoms with Crippen molar-refractivity contribution in [1.82, 2.24) is 9.97 Å². The van der Waals surface area contributed by atoms with Crippen LogP contribution < -0.4 is 5.56 Å². The van der Waals surface area contributed by atoms with Gasteiger partial charge in [0.2, 0.25) is 0 Å². The van der Waals surface area contributed by atoms with Crippen LogP contribution in [0.3, 0.4) is 0 Å². The third-order valence-electron chi connectivity index (χ3n) is 2.44. The van der Waals surface area contributed by atoms with Crippen molar-refractivity contribution in [1.29, 1.82) is 0 Å². The average Bonchev–Trinajstić information content (AvgIpc) is 2.27. The van der Waals surface area contributed by atoms with Crippen molar-refractivity contribution in [3.05, 3.63) is 51.2 Å². The van der Waals surface area contributed by atoms with Crippen LogP contribution in [-0.4, -0.2) is 9.97 Å². The molecule has 0 atom stereocenters. The molecule has 1 aromatic carbocycles. The second-order valence-corrected chi connectivity index (χ2v) is 4.43. The first-order valence-electron chi connectivity index (χ1n) is 5.65. The highest BCUT2D eigenvalue weighted by Crippen LogP contribution is 2.21. The van der Waals surface area contributed by atoms with E-state index in [0.717, 1.165) is 6.42 Å². The van der Waals surface area contributed by atoms with Crippen molar-refractivity contribution in [2.45, 2.75) is 19.8 Å². The molecular weight excluding hydrogens is 255 g/mol. The molecule has 0 unspecified atom stereocenters. The molecule has 94 valence electrons. The first-order valence-corrected chi connectivity index (χ1v) is 6.03. The van der Waals surface area contributed by atoms with E-state index in [0.29, 0.717) is 23.5 Å². The molecule has 0 aliphatic heterocycles. The van der Waals surface area contributed by atoms with Gasteiger partial charge in [-0.05, 0) is 24.6 Å². The van der Waals surface area contributed by atoms with E-state index in [9.17, 15) is 9.18 Å². The minimum atomic E-state index is -0.457. The molecule has 3 nitrogen and oxygen atoms in total. The number of aromatic amines is 1. The van der Waals surface area contributed by atoms with Crippen LogP contribution in [0.1, 0.15) is 19.0 Å². The van der Waals surface area contributed by atoms with Crippen LogP contribution in [0.15, 0.2) is 29.1 Å². The number of aryl methyl sites for hydroxylation is 1. The minimum Gasteiger partial charge on any atom is -0.307 e. The van der Waals surface area contributed by atoms with E-state index < -0.39 is 5.82 Å². The molecule has 0 spiro atoms. The maximum Gasteiger partial charge on any atom is 0.251 e. The Morgan fingerprint density at radius 3 is 2.78 bits per heavy atom. The zero-order valence-electron chi connectivity index (χ0n) is 9.84. The Hall–Kier alpha value is -1.68. The van der Waals surface area contributed by atoms with Crippen LogP contribution in [0, 0.1) is 5.82 Å². The van der Waals surface area contributed by atoms with Crippen molar-refractivity contribution >= 4 is 11.6 Å². The summed E-state index contributed by atoms with van der Waals surface area (Å²) < 4.78 is 13.3. The Bertz CT molecular complexity index is 604. The molecule has 1 heterocycles. The van der Waals surface area contributed by atoms with E-state index in [1.165, 1.54) is 18.2 Å². The zero-order chi connectivity index (χ0) is 13.1. The highest BCUT2D eigenvalue weighted by Gasteiger charge is 2.06. The Labute approximate surface area is 109 Å². The average molecular weight is 267 g/mol. The summed E-state index contributed by atoms with van der Waals surface area (Å²) in [5.74, 6) is -0.117. The highest BCUT2D eigenvalue weighted by atomic mass is 35.5. The molecule has 2 rings (SSSR count). The van der Waals surface area contributed by atoms with Gasteiger partial charge in [-0.15, -0.1) is 0 Å². The first-order chi connectivity index (χ1) is 8.58. The summed E-state index contributed by atoms with van der Waals surface area (Å²) in [6, 6.07) is 5.52. The van der Waals surface area contributed by atoms with Gasteiger partial charge in [0.15, 0.2) is 0 Å². The van der Waals surface area contributed by atoms with Crippen LogP contribution in [-0.2, 0) is 6.42 Å². The van der Waals surface area contributed by atoms with Gasteiger partial charge in [0.05, 0.1) is 0 Å². The number of H-pyrrole nitrogens is 1. The van der Waals surface area contributed by atoms with Gasteiger partial charge in [-0.25, -0.2) is 9.37 Å². The highest BCUT2D eigenvalue weighted by molar-refractivity contribution is 6.30. The van der Waals surface area contributed by atoms with Gasteiger partial charge < -0.3 is 4.98 Å². The van der Waals surface area contributed by atoms with Crippen molar-refractivity contribution in [3.8, 4) is 11.4 Å². The molecule has 1 aromatic heterocycles. The Balaban J connectivity index is 2.52. The van der Waals surface area contributed by atoms with Crippen molar-refractivity contribution in [2.75, 3.05) is 0 Å². The summed E-state index contributed by atoms with van der Waals surface area (Å²) in [6.45, 7) is 2.00. The van der Waals surface area contributed by atoms with Gasteiger partial charge in [-0.3, -0.25) is 4.79 Å². The van der Waals surface area contributed by atoms with Gasteiger partial charge in [0.1, 0.15) is 11.6 Å². The Morgan fingerprint density at radius 1 is 1.33 bits per heavy atom.